The largest absolute Gasteiger partial charge is 0.367 e. The molecule has 1 aliphatic heterocycles. The van der Waals surface area contributed by atoms with E-state index in [9.17, 15) is 9.59 Å². The van der Waals surface area contributed by atoms with E-state index in [1.54, 1.807) is 53.6 Å². The molecule has 2 aromatic heterocycles. The number of amides is 1. The fourth-order valence-electron chi connectivity index (χ4n) is 3.40. The highest BCUT2D eigenvalue weighted by Gasteiger charge is 2.30. The highest BCUT2D eigenvalue weighted by Crippen LogP contribution is 2.22. The fourth-order valence-corrected chi connectivity index (χ4v) is 3.40. The van der Waals surface area contributed by atoms with Gasteiger partial charge in [-0.15, -0.1) is 5.10 Å². The van der Waals surface area contributed by atoms with Crippen molar-refractivity contribution in [3.05, 3.63) is 71.8 Å². The molecule has 0 spiro atoms. The van der Waals surface area contributed by atoms with Crippen LogP contribution in [-0.2, 0) is 6.54 Å². The SMILES string of the molecule is O=C(c1ccc(C(=O)N2CCC[C@H]2Cn2ccnn2)cc1)c1cc[nH]c1. The van der Waals surface area contributed by atoms with Crippen molar-refractivity contribution in [3.63, 3.8) is 0 Å². The third-order valence-corrected chi connectivity index (χ3v) is 4.76. The second-order valence-electron chi connectivity index (χ2n) is 6.43. The number of benzene rings is 1. The van der Waals surface area contributed by atoms with Gasteiger partial charge in [0.15, 0.2) is 5.78 Å². The normalized spacial score (nSPS) is 16.8. The average Bonchev–Trinajstić information content (AvgIpc) is 3.43. The molecule has 0 unspecified atom stereocenters. The first-order valence-corrected chi connectivity index (χ1v) is 8.65. The first-order valence-electron chi connectivity index (χ1n) is 8.65. The number of ketones is 1. The number of carbonyl (C=O) groups excluding carboxylic acids is 2. The molecular weight excluding hydrogens is 330 g/mol. The number of likely N-dealkylation sites (tertiary alicyclic amines) is 1. The molecule has 7 heteroatoms. The van der Waals surface area contributed by atoms with Crippen LogP contribution >= 0.6 is 0 Å². The molecule has 0 saturated carbocycles. The number of carbonyl (C=O) groups is 2. The lowest BCUT2D eigenvalue weighted by molar-refractivity contribution is 0.0721. The number of H-pyrrole nitrogens is 1. The molecule has 0 bridgehead atoms. The Hall–Kier alpha value is -3.22. The van der Waals surface area contributed by atoms with Crippen LogP contribution < -0.4 is 0 Å². The van der Waals surface area contributed by atoms with Gasteiger partial charge in [-0.05, 0) is 31.0 Å². The molecule has 7 nitrogen and oxygen atoms in total. The van der Waals surface area contributed by atoms with Gasteiger partial charge in [0, 0.05) is 41.8 Å². The van der Waals surface area contributed by atoms with E-state index >= 15 is 0 Å². The van der Waals surface area contributed by atoms with Gasteiger partial charge >= 0.3 is 0 Å². The first kappa shape index (κ1) is 16.3. The number of hydrogen-bond donors (Lipinski definition) is 1. The van der Waals surface area contributed by atoms with E-state index < -0.39 is 0 Å². The third kappa shape index (κ3) is 3.15. The quantitative estimate of drug-likeness (QED) is 0.715. The number of hydrogen-bond acceptors (Lipinski definition) is 4. The second-order valence-corrected chi connectivity index (χ2v) is 6.43. The Balaban J connectivity index is 1.48. The van der Waals surface area contributed by atoms with Crippen molar-refractivity contribution in [2.45, 2.75) is 25.4 Å². The third-order valence-electron chi connectivity index (χ3n) is 4.76. The zero-order valence-electron chi connectivity index (χ0n) is 14.2. The van der Waals surface area contributed by atoms with Crippen molar-refractivity contribution in [1.82, 2.24) is 24.9 Å². The van der Waals surface area contributed by atoms with Crippen molar-refractivity contribution in [1.29, 1.82) is 0 Å². The van der Waals surface area contributed by atoms with Crippen LogP contribution in [0.2, 0.25) is 0 Å². The minimum Gasteiger partial charge on any atom is -0.367 e. The highest BCUT2D eigenvalue weighted by atomic mass is 16.2. The predicted octanol–water partition coefficient (Wildman–Crippen LogP) is 2.14. The van der Waals surface area contributed by atoms with Crippen LogP contribution in [0.3, 0.4) is 0 Å². The number of aromatic nitrogens is 4. The van der Waals surface area contributed by atoms with E-state index in [4.69, 9.17) is 0 Å². The fraction of sp³-hybridized carbons (Fsp3) is 0.263. The zero-order chi connectivity index (χ0) is 17.9. The summed E-state index contributed by atoms with van der Waals surface area (Å²) in [6.07, 6.45) is 8.77. The maximum Gasteiger partial charge on any atom is 0.254 e. The predicted molar refractivity (Wildman–Crippen MR) is 94.7 cm³/mol. The number of nitrogens with one attached hydrogen (secondary N) is 1. The summed E-state index contributed by atoms with van der Waals surface area (Å²) in [4.78, 5) is 30.0. The number of aromatic amines is 1. The van der Waals surface area contributed by atoms with Gasteiger partial charge in [0.2, 0.25) is 0 Å². The van der Waals surface area contributed by atoms with Crippen LogP contribution in [-0.4, -0.2) is 49.2 Å². The van der Waals surface area contributed by atoms with Crippen LogP contribution in [0.15, 0.2) is 55.1 Å². The Bertz CT molecular complexity index is 885. The zero-order valence-corrected chi connectivity index (χ0v) is 14.2. The van der Waals surface area contributed by atoms with Crippen molar-refractivity contribution in [2.24, 2.45) is 0 Å². The molecule has 1 amide bonds. The smallest absolute Gasteiger partial charge is 0.254 e. The van der Waals surface area contributed by atoms with Gasteiger partial charge < -0.3 is 9.88 Å². The lowest BCUT2D eigenvalue weighted by Gasteiger charge is -2.24. The molecule has 4 rings (SSSR count). The number of nitrogens with zero attached hydrogens (tertiary/aromatic N) is 4. The first-order chi connectivity index (χ1) is 12.7. The lowest BCUT2D eigenvalue weighted by Crippen LogP contribution is -2.38. The van der Waals surface area contributed by atoms with Gasteiger partial charge in [-0.1, -0.05) is 17.3 Å². The van der Waals surface area contributed by atoms with Crippen molar-refractivity contribution in [2.75, 3.05) is 6.54 Å². The van der Waals surface area contributed by atoms with Crippen LogP contribution in [0.5, 0.6) is 0 Å². The van der Waals surface area contributed by atoms with Crippen molar-refractivity contribution in [3.8, 4) is 0 Å². The maximum absolute atomic E-state index is 12.9. The highest BCUT2D eigenvalue weighted by molar-refractivity contribution is 6.09. The Labute approximate surface area is 150 Å². The standard InChI is InChI=1S/C19H19N5O2/c25-18(16-7-8-20-12-16)14-3-5-15(6-4-14)19(26)24-10-1-2-17(24)13-23-11-9-21-22-23/h3-9,11-12,17,20H,1-2,10,13H2/t17-/m0/s1. The molecule has 3 aromatic rings. The molecule has 0 radical (unpaired) electrons. The molecule has 3 heterocycles. The van der Waals surface area contributed by atoms with Gasteiger partial charge in [-0.3, -0.25) is 14.3 Å². The Kier molecular flexibility index (Phi) is 4.35. The van der Waals surface area contributed by atoms with Gasteiger partial charge in [-0.2, -0.15) is 0 Å². The Morgan fingerprint density at radius 3 is 2.62 bits per heavy atom. The molecule has 0 aliphatic carbocycles. The number of rotatable bonds is 5. The summed E-state index contributed by atoms with van der Waals surface area (Å²) in [7, 11) is 0. The summed E-state index contributed by atoms with van der Waals surface area (Å²) in [6, 6.07) is 8.74. The molecule has 1 aliphatic rings. The monoisotopic (exact) mass is 349 g/mol. The van der Waals surface area contributed by atoms with E-state index in [1.807, 2.05) is 11.1 Å². The van der Waals surface area contributed by atoms with E-state index in [-0.39, 0.29) is 17.7 Å². The van der Waals surface area contributed by atoms with Gasteiger partial charge in [-0.25, -0.2) is 0 Å². The minimum atomic E-state index is -0.0597. The molecule has 1 atom stereocenters. The topological polar surface area (TPSA) is 83.9 Å². The summed E-state index contributed by atoms with van der Waals surface area (Å²) in [6.45, 7) is 1.39. The van der Waals surface area contributed by atoms with Gasteiger partial charge in [0.25, 0.3) is 5.91 Å². The van der Waals surface area contributed by atoms with Crippen LogP contribution in [0.1, 0.15) is 39.1 Å². The molecule has 1 N–H and O–H groups in total. The van der Waals surface area contributed by atoms with Crippen LogP contribution in [0.25, 0.3) is 0 Å². The molecule has 1 aromatic carbocycles. The summed E-state index contributed by atoms with van der Waals surface area (Å²) >= 11 is 0. The summed E-state index contributed by atoms with van der Waals surface area (Å²) in [5.41, 5.74) is 1.78. The molecule has 132 valence electrons. The molecule has 26 heavy (non-hydrogen) atoms. The lowest BCUT2D eigenvalue weighted by atomic mass is 10.0. The minimum absolute atomic E-state index is 0.00624. The summed E-state index contributed by atoms with van der Waals surface area (Å²) < 4.78 is 1.76. The van der Waals surface area contributed by atoms with E-state index in [1.165, 1.54) is 0 Å². The van der Waals surface area contributed by atoms with Crippen molar-refractivity contribution < 1.29 is 9.59 Å². The van der Waals surface area contributed by atoms with Gasteiger partial charge in [0.05, 0.1) is 18.8 Å². The summed E-state index contributed by atoms with van der Waals surface area (Å²) in [5, 5.41) is 7.81. The van der Waals surface area contributed by atoms with Crippen LogP contribution in [0.4, 0.5) is 0 Å². The molecular formula is C19H19N5O2. The Morgan fingerprint density at radius 1 is 1.12 bits per heavy atom. The average molecular weight is 349 g/mol. The van der Waals surface area contributed by atoms with E-state index in [0.29, 0.717) is 23.2 Å². The van der Waals surface area contributed by atoms with E-state index in [0.717, 1.165) is 19.4 Å². The van der Waals surface area contributed by atoms with Gasteiger partial charge in [0.1, 0.15) is 0 Å². The Morgan fingerprint density at radius 2 is 1.92 bits per heavy atom. The van der Waals surface area contributed by atoms with E-state index in [2.05, 4.69) is 15.3 Å². The summed E-state index contributed by atoms with van der Waals surface area (Å²) in [5.74, 6) is -0.0660. The molecule has 1 saturated heterocycles. The van der Waals surface area contributed by atoms with Crippen LogP contribution in [0, 0.1) is 0 Å². The second kappa shape index (κ2) is 6.95. The molecule has 1 fully saturated rings. The van der Waals surface area contributed by atoms with Crippen molar-refractivity contribution >= 4 is 11.7 Å². The maximum atomic E-state index is 12.9.